The highest BCUT2D eigenvalue weighted by molar-refractivity contribution is 7.89. The Hall–Kier alpha value is -1.67. The molecule has 2 aliphatic heterocycles. The van der Waals surface area contributed by atoms with E-state index in [0.717, 1.165) is 34.6 Å². The normalized spacial score (nSPS) is 19.8. The summed E-state index contributed by atoms with van der Waals surface area (Å²) < 4.78 is 34.2. The van der Waals surface area contributed by atoms with Crippen LogP contribution in [0.25, 0.3) is 0 Å². The van der Waals surface area contributed by atoms with Gasteiger partial charge in [0.15, 0.2) is 0 Å². The molecule has 5 rings (SSSR count). The highest BCUT2D eigenvalue weighted by atomic mass is 32.2. The third-order valence-corrected chi connectivity index (χ3v) is 8.78. The zero-order valence-corrected chi connectivity index (χ0v) is 16.4. The summed E-state index contributed by atoms with van der Waals surface area (Å²) >= 11 is 3.33. The van der Waals surface area contributed by atoms with Crippen LogP contribution in [0.1, 0.15) is 26.9 Å². The fourth-order valence-corrected chi connectivity index (χ4v) is 7.22. The molecule has 7 heteroatoms. The van der Waals surface area contributed by atoms with Crippen molar-refractivity contribution in [1.82, 2.24) is 4.31 Å². The van der Waals surface area contributed by atoms with Crippen molar-refractivity contribution >= 4 is 32.7 Å². The number of ether oxygens (including phenoxy) is 1. The van der Waals surface area contributed by atoms with E-state index in [1.54, 1.807) is 45.2 Å². The second-order valence-corrected chi connectivity index (χ2v) is 10.3. The van der Waals surface area contributed by atoms with Crippen LogP contribution in [-0.4, -0.2) is 25.9 Å². The average molecular weight is 404 g/mol. The van der Waals surface area contributed by atoms with Gasteiger partial charge in [-0.3, -0.25) is 0 Å². The van der Waals surface area contributed by atoms with Crippen molar-refractivity contribution in [2.75, 3.05) is 13.2 Å². The van der Waals surface area contributed by atoms with E-state index in [4.69, 9.17) is 4.74 Å². The van der Waals surface area contributed by atoms with Gasteiger partial charge in [-0.25, -0.2) is 8.42 Å². The number of sulfonamides is 1. The standard InChI is InChI=1S/C19H17NO3S3/c21-26(22,14-3-4-16-13(12-14)6-9-23-16)20-8-5-17-15(7-11-25-17)19(20)18-2-1-10-24-18/h1-4,7,10-12,19H,5-6,8-9H2. The van der Waals surface area contributed by atoms with Crippen molar-refractivity contribution in [1.29, 1.82) is 0 Å². The molecule has 0 amide bonds. The largest absolute Gasteiger partial charge is 0.493 e. The molecule has 0 saturated heterocycles. The second kappa shape index (κ2) is 6.20. The quantitative estimate of drug-likeness (QED) is 0.662. The minimum absolute atomic E-state index is 0.237. The Morgan fingerprint density at radius 2 is 2.00 bits per heavy atom. The van der Waals surface area contributed by atoms with Gasteiger partial charge in [-0.1, -0.05) is 6.07 Å². The number of fused-ring (bicyclic) bond motifs is 2. The Bertz CT molecular complexity index is 1050. The van der Waals surface area contributed by atoms with E-state index in [1.807, 2.05) is 17.5 Å². The number of rotatable bonds is 3. The molecule has 4 heterocycles. The molecule has 1 atom stereocenters. The minimum atomic E-state index is -3.59. The number of benzene rings is 1. The SMILES string of the molecule is O=S(=O)(c1ccc2c(c1)CCO2)N1CCc2sccc2C1c1cccs1. The maximum Gasteiger partial charge on any atom is 0.243 e. The van der Waals surface area contributed by atoms with E-state index in [0.29, 0.717) is 18.0 Å². The molecule has 2 aliphatic rings. The summed E-state index contributed by atoms with van der Waals surface area (Å²) in [5.74, 6) is 0.803. The van der Waals surface area contributed by atoms with E-state index >= 15 is 0 Å². The molecule has 0 saturated carbocycles. The monoisotopic (exact) mass is 403 g/mol. The van der Waals surface area contributed by atoms with E-state index in [-0.39, 0.29) is 6.04 Å². The van der Waals surface area contributed by atoms with Gasteiger partial charge in [-0.05, 0) is 58.6 Å². The van der Waals surface area contributed by atoms with E-state index in [2.05, 4.69) is 11.4 Å². The lowest BCUT2D eigenvalue weighted by molar-refractivity contribution is 0.350. The maximum atomic E-state index is 13.5. The fraction of sp³-hybridized carbons (Fsp3) is 0.263. The number of hydrogen-bond donors (Lipinski definition) is 0. The van der Waals surface area contributed by atoms with Crippen molar-refractivity contribution in [3.8, 4) is 5.75 Å². The Labute approximate surface area is 160 Å². The summed E-state index contributed by atoms with van der Waals surface area (Å²) in [4.78, 5) is 2.72. The molecule has 0 fully saturated rings. The van der Waals surface area contributed by atoms with Crippen LogP contribution in [-0.2, 0) is 22.9 Å². The Balaban J connectivity index is 1.61. The zero-order chi connectivity index (χ0) is 17.7. The summed E-state index contributed by atoms with van der Waals surface area (Å²) in [5, 5.41) is 4.07. The lowest BCUT2D eigenvalue weighted by Crippen LogP contribution is -2.39. The molecular formula is C19H17NO3S3. The summed E-state index contributed by atoms with van der Waals surface area (Å²) in [6.45, 7) is 1.13. The van der Waals surface area contributed by atoms with E-state index in [9.17, 15) is 8.42 Å². The van der Waals surface area contributed by atoms with Crippen LogP contribution in [0.15, 0.2) is 52.1 Å². The number of thiophene rings is 2. The summed E-state index contributed by atoms with van der Waals surface area (Å²) in [6, 6.07) is 11.1. The van der Waals surface area contributed by atoms with Crippen LogP contribution in [0.2, 0.25) is 0 Å². The van der Waals surface area contributed by atoms with Gasteiger partial charge in [-0.15, -0.1) is 22.7 Å². The molecule has 1 unspecified atom stereocenters. The Kier molecular flexibility index (Phi) is 3.93. The molecule has 3 aromatic rings. The third kappa shape index (κ3) is 2.53. The van der Waals surface area contributed by atoms with Crippen molar-refractivity contribution in [3.63, 3.8) is 0 Å². The van der Waals surface area contributed by atoms with Gasteiger partial charge in [0, 0.05) is 22.7 Å². The first-order valence-electron chi connectivity index (χ1n) is 8.52. The first-order chi connectivity index (χ1) is 12.6. The minimum Gasteiger partial charge on any atom is -0.493 e. The van der Waals surface area contributed by atoms with Crippen LogP contribution in [0.3, 0.4) is 0 Å². The lowest BCUT2D eigenvalue weighted by Gasteiger charge is -2.34. The van der Waals surface area contributed by atoms with Crippen LogP contribution >= 0.6 is 22.7 Å². The highest BCUT2D eigenvalue weighted by Gasteiger charge is 2.38. The number of nitrogens with zero attached hydrogens (tertiary/aromatic N) is 1. The second-order valence-electron chi connectivity index (χ2n) is 6.45. The molecule has 0 radical (unpaired) electrons. The molecule has 0 aliphatic carbocycles. The third-order valence-electron chi connectivity index (χ3n) is 5.00. The topological polar surface area (TPSA) is 46.6 Å². The van der Waals surface area contributed by atoms with Gasteiger partial charge < -0.3 is 4.74 Å². The first kappa shape index (κ1) is 16.5. The Morgan fingerprint density at radius 3 is 2.85 bits per heavy atom. The summed E-state index contributed by atoms with van der Waals surface area (Å²) in [7, 11) is -3.59. The van der Waals surface area contributed by atoms with Crippen LogP contribution in [0, 0.1) is 0 Å². The van der Waals surface area contributed by atoms with Gasteiger partial charge >= 0.3 is 0 Å². The smallest absolute Gasteiger partial charge is 0.243 e. The molecule has 2 aromatic heterocycles. The molecule has 4 nitrogen and oxygen atoms in total. The zero-order valence-electron chi connectivity index (χ0n) is 13.9. The van der Waals surface area contributed by atoms with Crippen molar-refractivity contribution in [2.24, 2.45) is 0 Å². The van der Waals surface area contributed by atoms with Crippen LogP contribution < -0.4 is 4.74 Å². The van der Waals surface area contributed by atoms with Crippen molar-refractivity contribution < 1.29 is 13.2 Å². The highest BCUT2D eigenvalue weighted by Crippen LogP contribution is 2.42. The molecule has 1 aromatic carbocycles. The fourth-order valence-electron chi connectivity index (χ4n) is 3.75. The van der Waals surface area contributed by atoms with Gasteiger partial charge in [0.1, 0.15) is 5.75 Å². The predicted octanol–water partition coefficient (Wildman–Crippen LogP) is 4.08. The molecule has 0 spiro atoms. The van der Waals surface area contributed by atoms with Gasteiger partial charge in [-0.2, -0.15) is 4.31 Å². The van der Waals surface area contributed by atoms with Crippen LogP contribution in [0.4, 0.5) is 0 Å². The molecule has 0 bridgehead atoms. The molecular weight excluding hydrogens is 386 g/mol. The summed E-state index contributed by atoms with van der Waals surface area (Å²) in [6.07, 6.45) is 1.53. The molecule has 134 valence electrons. The van der Waals surface area contributed by atoms with Gasteiger partial charge in [0.05, 0.1) is 17.5 Å². The molecule has 0 N–H and O–H groups in total. The van der Waals surface area contributed by atoms with Gasteiger partial charge in [0.2, 0.25) is 10.0 Å². The summed E-state index contributed by atoms with van der Waals surface area (Å²) in [5.41, 5.74) is 2.10. The molecule has 26 heavy (non-hydrogen) atoms. The van der Waals surface area contributed by atoms with Crippen molar-refractivity contribution in [3.05, 3.63) is 68.0 Å². The van der Waals surface area contributed by atoms with Crippen LogP contribution in [0.5, 0.6) is 5.75 Å². The van der Waals surface area contributed by atoms with Crippen molar-refractivity contribution in [2.45, 2.75) is 23.8 Å². The average Bonchev–Trinajstić information content (AvgIpc) is 3.40. The predicted molar refractivity (Wildman–Crippen MR) is 104 cm³/mol. The van der Waals surface area contributed by atoms with E-state index in [1.165, 1.54) is 4.88 Å². The maximum absolute atomic E-state index is 13.5. The lowest BCUT2D eigenvalue weighted by atomic mass is 10.0. The number of hydrogen-bond acceptors (Lipinski definition) is 5. The first-order valence-corrected chi connectivity index (χ1v) is 11.7. The van der Waals surface area contributed by atoms with Gasteiger partial charge in [0.25, 0.3) is 0 Å². The van der Waals surface area contributed by atoms with E-state index < -0.39 is 10.0 Å². The Morgan fingerprint density at radius 1 is 1.08 bits per heavy atom.